The lowest BCUT2D eigenvalue weighted by atomic mass is 10.1. The molecular weight excluding hydrogens is 248 g/mol. The molecule has 0 aliphatic rings. The van der Waals surface area contributed by atoms with E-state index in [2.05, 4.69) is 0 Å². The molecule has 19 heavy (non-hydrogen) atoms. The highest BCUT2D eigenvalue weighted by molar-refractivity contribution is 5.97. The van der Waals surface area contributed by atoms with Gasteiger partial charge in [0.1, 0.15) is 12.3 Å². The Balaban J connectivity index is 2.81. The van der Waals surface area contributed by atoms with Gasteiger partial charge in [-0.2, -0.15) is 0 Å². The number of carbonyl (C=O) groups excluding carboxylic acids is 2. The standard InChI is InChI=1S/C13H18N2O4/c1-4-19-12(16)8-15(2)13(17)9-5-10(14)7-11(6-9)18-3/h5-7H,4,8,14H2,1-3H3. The molecule has 0 saturated heterocycles. The number of carbonyl (C=O) groups is 2. The number of ether oxygens (including phenoxy) is 2. The van der Waals surface area contributed by atoms with E-state index in [1.807, 2.05) is 0 Å². The van der Waals surface area contributed by atoms with Gasteiger partial charge in [-0.25, -0.2) is 0 Å². The Morgan fingerprint density at radius 3 is 2.58 bits per heavy atom. The SMILES string of the molecule is CCOC(=O)CN(C)C(=O)c1cc(N)cc(OC)c1. The molecule has 1 rings (SSSR count). The summed E-state index contributed by atoms with van der Waals surface area (Å²) in [6, 6.07) is 4.72. The molecule has 0 aliphatic heterocycles. The van der Waals surface area contributed by atoms with Gasteiger partial charge in [0.2, 0.25) is 0 Å². The van der Waals surface area contributed by atoms with Crippen molar-refractivity contribution >= 4 is 17.6 Å². The first kappa shape index (κ1) is 14.8. The minimum absolute atomic E-state index is 0.107. The number of hydrogen-bond donors (Lipinski definition) is 1. The lowest BCUT2D eigenvalue weighted by Gasteiger charge is -2.16. The van der Waals surface area contributed by atoms with Gasteiger partial charge in [-0.05, 0) is 19.1 Å². The summed E-state index contributed by atoms with van der Waals surface area (Å²) in [5.41, 5.74) is 6.47. The molecule has 0 aromatic heterocycles. The van der Waals surface area contributed by atoms with Gasteiger partial charge in [-0.3, -0.25) is 9.59 Å². The van der Waals surface area contributed by atoms with Gasteiger partial charge in [0.15, 0.2) is 0 Å². The Bertz CT molecular complexity index is 474. The van der Waals surface area contributed by atoms with E-state index < -0.39 is 5.97 Å². The summed E-state index contributed by atoms with van der Waals surface area (Å²) in [6.45, 7) is 1.89. The quantitative estimate of drug-likeness (QED) is 0.633. The first-order valence-electron chi connectivity index (χ1n) is 5.83. The average Bonchev–Trinajstić information content (AvgIpc) is 2.37. The summed E-state index contributed by atoms with van der Waals surface area (Å²) < 4.78 is 9.83. The third kappa shape index (κ3) is 4.17. The van der Waals surface area contributed by atoms with Crippen LogP contribution in [0.15, 0.2) is 18.2 Å². The van der Waals surface area contributed by atoms with E-state index in [4.69, 9.17) is 15.2 Å². The van der Waals surface area contributed by atoms with Crippen molar-refractivity contribution in [1.82, 2.24) is 4.90 Å². The minimum Gasteiger partial charge on any atom is -0.497 e. The van der Waals surface area contributed by atoms with Crippen LogP contribution in [0.4, 0.5) is 5.69 Å². The zero-order valence-electron chi connectivity index (χ0n) is 11.3. The van der Waals surface area contributed by atoms with Crippen molar-refractivity contribution in [1.29, 1.82) is 0 Å². The van der Waals surface area contributed by atoms with E-state index in [1.165, 1.54) is 25.1 Å². The zero-order valence-corrected chi connectivity index (χ0v) is 11.3. The van der Waals surface area contributed by atoms with Crippen molar-refractivity contribution in [3.63, 3.8) is 0 Å². The highest BCUT2D eigenvalue weighted by Crippen LogP contribution is 2.19. The summed E-state index contributed by atoms with van der Waals surface area (Å²) in [5, 5.41) is 0. The van der Waals surface area contributed by atoms with Crippen molar-refractivity contribution in [2.75, 3.05) is 33.0 Å². The predicted octanol–water partition coefficient (Wildman–Crippen LogP) is 0.912. The number of rotatable bonds is 5. The fourth-order valence-electron chi connectivity index (χ4n) is 1.56. The Morgan fingerprint density at radius 1 is 1.32 bits per heavy atom. The fourth-order valence-corrected chi connectivity index (χ4v) is 1.56. The third-order valence-electron chi connectivity index (χ3n) is 2.43. The smallest absolute Gasteiger partial charge is 0.325 e. The van der Waals surface area contributed by atoms with Gasteiger partial charge in [0.25, 0.3) is 5.91 Å². The molecule has 0 unspecified atom stereocenters. The van der Waals surface area contributed by atoms with Crippen LogP contribution < -0.4 is 10.5 Å². The van der Waals surface area contributed by atoms with Crippen molar-refractivity contribution in [3.05, 3.63) is 23.8 Å². The maximum absolute atomic E-state index is 12.1. The molecular formula is C13H18N2O4. The number of nitrogen functional groups attached to an aromatic ring is 1. The minimum atomic E-state index is -0.450. The van der Waals surface area contributed by atoms with Gasteiger partial charge in [-0.15, -0.1) is 0 Å². The van der Waals surface area contributed by atoms with Gasteiger partial charge in [0, 0.05) is 24.4 Å². The largest absolute Gasteiger partial charge is 0.497 e. The summed E-state index contributed by atoms with van der Waals surface area (Å²) in [6.07, 6.45) is 0. The molecule has 0 atom stereocenters. The lowest BCUT2D eigenvalue weighted by molar-refractivity contribution is -0.143. The molecule has 6 heteroatoms. The van der Waals surface area contributed by atoms with Crippen LogP contribution in [0.2, 0.25) is 0 Å². The van der Waals surface area contributed by atoms with Gasteiger partial charge in [0.05, 0.1) is 13.7 Å². The predicted molar refractivity (Wildman–Crippen MR) is 71.0 cm³/mol. The van der Waals surface area contributed by atoms with Gasteiger partial charge >= 0.3 is 5.97 Å². The highest BCUT2D eigenvalue weighted by atomic mass is 16.5. The number of nitrogens with two attached hydrogens (primary N) is 1. The van der Waals surface area contributed by atoms with Crippen LogP contribution in [0, 0.1) is 0 Å². The molecule has 0 bridgehead atoms. The Labute approximate surface area is 112 Å². The van der Waals surface area contributed by atoms with Crippen molar-refractivity contribution in [3.8, 4) is 5.75 Å². The number of benzene rings is 1. The second kappa shape index (κ2) is 6.63. The maximum atomic E-state index is 12.1. The molecule has 0 saturated carbocycles. The number of amides is 1. The van der Waals surface area contributed by atoms with Crippen LogP contribution in [-0.2, 0) is 9.53 Å². The second-order valence-electron chi connectivity index (χ2n) is 3.96. The Hall–Kier alpha value is -2.24. The number of nitrogens with zero attached hydrogens (tertiary/aromatic N) is 1. The highest BCUT2D eigenvalue weighted by Gasteiger charge is 2.16. The number of methoxy groups -OCH3 is 1. The molecule has 0 radical (unpaired) electrons. The van der Waals surface area contributed by atoms with Crippen molar-refractivity contribution in [2.24, 2.45) is 0 Å². The van der Waals surface area contributed by atoms with E-state index in [-0.39, 0.29) is 19.1 Å². The molecule has 0 heterocycles. The van der Waals surface area contributed by atoms with E-state index in [1.54, 1.807) is 19.1 Å². The molecule has 1 amide bonds. The number of hydrogen-bond acceptors (Lipinski definition) is 5. The molecule has 0 fully saturated rings. The summed E-state index contributed by atoms with van der Waals surface area (Å²) in [4.78, 5) is 24.7. The van der Waals surface area contributed by atoms with Crippen LogP contribution in [0.3, 0.4) is 0 Å². The molecule has 6 nitrogen and oxygen atoms in total. The Kier molecular flexibility index (Phi) is 5.17. The van der Waals surface area contributed by atoms with Crippen LogP contribution in [0.25, 0.3) is 0 Å². The maximum Gasteiger partial charge on any atom is 0.325 e. The van der Waals surface area contributed by atoms with Crippen LogP contribution in [-0.4, -0.2) is 44.1 Å². The summed E-state index contributed by atoms with van der Waals surface area (Å²) in [5.74, 6) is -0.277. The molecule has 1 aromatic rings. The van der Waals surface area contributed by atoms with Crippen molar-refractivity contribution in [2.45, 2.75) is 6.92 Å². The van der Waals surface area contributed by atoms with E-state index >= 15 is 0 Å². The van der Waals surface area contributed by atoms with Crippen LogP contribution in [0.5, 0.6) is 5.75 Å². The fraction of sp³-hybridized carbons (Fsp3) is 0.385. The van der Waals surface area contributed by atoms with E-state index in [0.717, 1.165) is 0 Å². The molecule has 104 valence electrons. The normalized spacial score (nSPS) is 9.84. The average molecular weight is 266 g/mol. The third-order valence-corrected chi connectivity index (χ3v) is 2.43. The molecule has 0 spiro atoms. The van der Waals surface area contributed by atoms with Crippen LogP contribution >= 0.6 is 0 Å². The zero-order chi connectivity index (χ0) is 14.4. The van der Waals surface area contributed by atoms with Crippen molar-refractivity contribution < 1.29 is 19.1 Å². The summed E-state index contributed by atoms with van der Waals surface area (Å²) in [7, 11) is 3.01. The molecule has 2 N–H and O–H groups in total. The second-order valence-corrected chi connectivity index (χ2v) is 3.96. The van der Waals surface area contributed by atoms with Crippen LogP contribution in [0.1, 0.15) is 17.3 Å². The monoisotopic (exact) mass is 266 g/mol. The number of esters is 1. The van der Waals surface area contributed by atoms with E-state index in [0.29, 0.717) is 17.0 Å². The first-order valence-corrected chi connectivity index (χ1v) is 5.83. The molecule has 1 aromatic carbocycles. The first-order chi connectivity index (χ1) is 8.97. The number of likely N-dealkylation sites (N-methyl/N-ethyl adjacent to an activating group) is 1. The van der Waals surface area contributed by atoms with Gasteiger partial charge in [-0.1, -0.05) is 0 Å². The molecule has 0 aliphatic carbocycles. The summed E-state index contributed by atoms with van der Waals surface area (Å²) >= 11 is 0. The van der Waals surface area contributed by atoms with Gasteiger partial charge < -0.3 is 20.1 Å². The lowest BCUT2D eigenvalue weighted by Crippen LogP contribution is -2.33. The topological polar surface area (TPSA) is 81.9 Å². The number of anilines is 1. The Morgan fingerprint density at radius 2 is 2.00 bits per heavy atom. The van der Waals surface area contributed by atoms with E-state index in [9.17, 15) is 9.59 Å².